The zero-order valence-corrected chi connectivity index (χ0v) is 12.8. The summed E-state index contributed by atoms with van der Waals surface area (Å²) in [6, 6.07) is 7.07. The second kappa shape index (κ2) is 5.29. The molecule has 22 heavy (non-hydrogen) atoms. The Hall–Kier alpha value is -2.63. The maximum atomic E-state index is 12.5. The fourth-order valence-corrected chi connectivity index (χ4v) is 2.44. The molecule has 0 aliphatic carbocycles. The Morgan fingerprint density at radius 1 is 1.41 bits per heavy atom. The summed E-state index contributed by atoms with van der Waals surface area (Å²) in [5.74, 6) is -0.191. The molecular formula is C16H18N4O2. The molecule has 0 aromatic carbocycles. The maximum absolute atomic E-state index is 12.5. The van der Waals surface area contributed by atoms with Crippen molar-refractivity contribution in [3.8, 4) is 0 Å². The number of aryl methyl sites for hydroxylation is 1. The van der Waals surface area contributed by atoms with E-state index in [9.17, 15) is 9.59 Å². The van der Waals surface area contributed by atoms with Crippen molar-refractivity contribution >= 4 is 22.6 Å². The number of hydrogen-bond acceptors (Lipinski definition) is 3. The molecule has 1 atom stereocenters. The summed E-state index contributed by atoms with van der Waals surface area (Å²) >= 11 is 0. The molecule has 0 unspecified atom stereocenters. The lowest BCUT2D eigenvalue weighted by Crippen LogP contribution is -2.33. The van der Waals surface area contributed by atoms with Crippen molar-refractivity contribution in [2.45, 2.75) is 26.3 Å². The molecule has 0 saturated carbocycles. The third-order valence-corrected chi connectivity index (χ3v) is 3.93. The zero-order chi connectivity index (χ0) is 15.9. The van der Waals surface area contributed by atoms with Gasteiger partial charge in [-0.3, -0.25) is 14.0 Å². The molecule has 0 aliphatic heterocycles. The quantitative estimate of drug-likeness (QED) is 0.800. The number of nitrogens with zero attached hydrogens (tertiary/aromatic N) is 3. The van der Waals surface area contributed by atoms with Crippen molar-refractivity contribution in [3.63, 3.8) is 0 Å². The van der Waals surface area contributed by atoms with Gasteiger partial charge < -0.3 is 9.88 Å². The lowest BCUT2D eigenvalue weighted by atomic mass is 10.2. The molecule has 0 fully saturated rings. The lowest BCUT2D eigenvalue weighted by molar-refractivity contribution is 0.0931. The third-order valence-electron chi connectivity index (χ3n) is 3.93. The van der Waals surface area contributed by atoms with Crippen LogP contribution in [0.3, 0.4) is 0 Å². The van der Waals surface area contributed by atoms with Gasteiger partial charge in [0.2, 0.25) is 0 Å². The first-order valence-electron chi connectivity index (χ1n) is 7.30. The first kappa shape index (κ1) is 14.3. The van der Waals surface area contributed by atoms with Crippen molar-refractivity contribution in [2.75, 3.05) is 0 Å². The Morgan fingerprint density at radius 3 is 2.91 bits per heavy atom. The van der Waals surface area contributed by atoms with Gasteiger partial charge in [-0.25, -0.2) is 4.98 Å². The van der Waals surface area contributed by atoms with Gasteiger partial charge in [0.05, 0.1) is 5.39 Å². The standard InChI is InChI=1S/C16H18N4O2/c1-4-10(2)17-15(21)12-9-11-14(19(12)3)18-13-7-5-6-8-20(13)16(11)22/h5-10H,4H2,1-3H3,(H,17,21)/t10-/m0/s1. The highest BCUT2D eigenvalue weighted by atomic mass is 16.2. The molecule has 0 bridgehead atoms. The van der Waals surface area contributed by atoms with E-state index in [4.69, 9.17) is 0 Å². The van der Waals surface area contributed by atoms with Gasteiger partial charge in [-0.15, -0.1) is 0 Å². The highest BCUT2D eigenvalue weighted by Crippen LogP contribution is 2.15. The van der Waals surface area contributed by atoms with E-state index in [0.717, 1.165) is 6.42 Å². The summed E-state index contributed by atoms with van der Waals surface area (Å²) < 4.78 is 3.15. The molecule has 0 aliphatic rings. The zero-order valence-electron chi connectivity index (χ0n) is 12.8. The van der Waals surface area contributed by atoms with E-state index < -0.39 is 0 Å². The van der Waals surface area contributed by atoms with Crippen LogP contribution in [0.5, 0.6) is 0 Å². The molecule has 6 nitrogen and oxygen atoms in total. The van der Waals surface area contributed by atoms with Gasteiger partial charge >= 0.3 is 0 Å². The van der Waals surface area contributed by atoms with Crippen LogP contribution in [0.2, 0.25) is 0 Å². The smallest absolute Gasteiger partial charge is 0.268 e. The minimum absolute atomic E-state index is 0.0821. The molecule has 6 heteroatoms. The van der Waals surface area contributed by atoms with Crippen LogP contribution in [0.4, 0.5) is 0 Å². The minimum atomic E-state index is -0.191. The number of nitrogens with one attached hydrogen (secondary N) is 1. The van der Waals surface area contributed by atoms with Crippen molar-refractivity contribution in [2.24, 2.45) is 7.05 Å². The fraction of sp³-hybridized carbons (Fsp3) is 0.312. The topological polar surface area (TPSA) is 68.4 Å². The van der Waals surface area contributed by atoms with E-state index in [1.54, 1.807) is 36.0 Å². The van der Waals surface area contributed by atoms with E-state index in [1.807, 2.05) is 19.9 Å². The van der Waals surface area contributed by atoms with Gasteiger partial charge in [0.15, 0.2) is 0 Å². The molecule has 3 rings (SSSR count). The molecule has 0 saturated heterocycles. The van der Waals surface area contributed by atoms with Crippen molar-refractivity contribution in [3.05, 3.63) is 46.5 Å². The van der Waals surface area contributed by atoms with Crippen LogP contribution >= 0.6 is 0 Å². The van der Waals surface area contributed by atoms with Gasteiger partial charge in [-0.05, 0) is 31.5 Å². The first-order valence-corrected chi connectivity index (χ1v) is 7.30. The predicted octanol–water partition coefficient (Wildman–Crippen LogP) is 1.71. The molecule has 3 heterocycles. The average Bonchev–Trinajstić information content (AvgIpc) is 2.85. The highest BCUT2D eigenvalue weighted by molar-refractivity contribution is 5.98. The fourth-order valence-electron chi connectivity index (χ4n) is 2.44. The molecule has 3 aromatic rings. The normalized spacial score (nSPS) is 12.7. The molecule has 0 radical (unpaired) electrons. The largest absolute Gasteiger partial charge is 0.348 e. The van der Waals surface area contributed by atoms with E-state index >= 15 is 0 Å². The summed E-state index contributed by atoms with van der Waals surface area (Å²) in [4.78, 5) is 29.4. The molecule has 114 valence electrons. The molecule has 1 N–H and O–H groups in total. The van der Waals surface area contributed by atoms with Crippen molar-refractivity contribution in [1.29, 1.82) is 0 Å². The number of fused-ring (bicyclic) bond motifs is 2. The van der Waals surface area contributed by atoms with Gasteiger partial charge in [0, 0.05) is 19.3 Å². The Morgan fingerprint density at radius 2 is 2.18 bits per heavy atom. The summed E-state index contributed by atoms with van der Waals surface area (Å²) in [7, 11) is 1.75. The Labute approximate surface area is 127 Å². The third kappa shape index (κ3) is 2.16. The molecule has 1 amide bonds. The Kier molecular flexibility index (Phi) is 3.44. The summed E-state index contributed by atoms with van der Waals surface area (Å²) in [5.41, 5.74) is 1.36. The number of rotatable bonds is 3. The van der Waals surface area contributed by atoms with Crippen LogP contribution in [0.1, 0.15) is 30.8 Å². The van der Waals surface area contributed by atoms with E-state index in [1.165, 1.54) is 4.40 Å². The SMILES string of the molecule is CC[C@H](C)NC(=O)c1cc2c(=O)n3ccccc3nc2n1C. The lowest BCUT2D eigenvalue weighted by Gasteiger charge is -2.11. The second-order valence-electron chi connectivity index (χ2n) is 5.45. The molecular weight excluding hydrogens is 280 g/mol. The number of aromatic nitrogens is 3. The van der Waals surface area contributed by atoms with Gasteiger partial charge in [0.25, 0.3) is 11.5 Å². The molecule has 0 spiro atoms. The Bertz CT molecular complexity index is 923. The van der Waals surface area contributed by atoms with E-state index in [0.29, 0.717) is 22.4 Å². The van der Waals surface area contributed by atoms with Crippen LogP contribution in [0.25, 0.3) is 16.7 Å². The minimum Gasteiger partial charge on any atom is -0.348 e. The highest BCUT2D eigenvalue weighted by Gasteiger charge is 2.18. The van der Waals surface area contributed by atoms with Crippen LogP contribution in [0, 0.1) is 0 Å². The van der Waals surface area contributed by atoms with Crippen molar-refractivity contribution in [1.82, 2.24) is 19.3 Å². The van der Waals surface area contributed by atoms with E-state index in [2.05, 4.69) is 10.3 Å². The number of amides is 1. The van der Waals surface area contributed by atoms with Crippen LogP contribution in [-0.4, -0.2) is 25.9 Å². The maximum Gasteiger partial charge on any atom is 0.268 e. The Balaban J connectivity index is 2.20. The number of hydrogen-bond donors (Lipinski definition) is 1. The van der Waals surface area contributed by atoms with E-state index in [-0.39, 0.29) is 17.5 Å². The number of pyridine rings is 1. The monoisotopic (exact) mass is 298 g/mol. The summed E-state index contributed by atoms with van der Waals surface area (Å²) in [6.07, 6.45) is 2.52. The average molecular weight is 298 g/mol. The molecule has 3 aromatic heterocycles. The van der Waals surface area contributed by atoms with Gasteiger partial charge in [-0.1, -0.05) is 13.0 Å². The summed E-state index contributed by atoms with van der Waals surface area (Å²) in [5, 5.41) is 3.36. The second-order valence-corrected chi connectivity index (χ2v) is 5.45. The predicted molar refractivity (Wildman–Crippen MR) is 85.2 cm³/mol. The summed E-state index contributed by atoms with van der Waals surface area (Å²) in [6.45, 7) is 3.95. The number of carbonyl (C=O) groups excluding carboxylic acids is 1. The van der Waals surface area contributed by atoms with Crippen molar-refractivity contribution < 1.29 is 4.79 Å². The van der Waals surface area contributed by atoms with Crippen LogP contribution in [0.15, 0.2) is 35.3 Å². The van der Waals surface area contributed by atoms with Gasteiger partial charge in [-0.2, -0.15) is 0 Å². The number of carbonyl (C=O) groups is 1. The van der Waals surface area contributed by atoms with Crippen LogP contribution in [-0.2, 0) is 7.05 Å². The van der Waals surface area contributed by atoms with Gasteiger partial charge in [0.1, 0.15) is 17.0 Å². The van der Waals surface area contributed by atoms with Crippen LogP contribution < -0.4 is 10.9 Å². The first-order chi connectivity index (χ1) is 10.5.